The SMILES string of the molecule is NCC(=O)NCC(=O)N1CCN(C(=O)Cc2ccccc2F)CC1. The maximum atomic E-state index is 13.6. The molecule has 8 heteroatoms. The second-order valence-corrected chi connectivity index (χ2v) is 5.51. The third kappa shape index (κ3) is 4.76. The van der Waals surface area contributed by atoms with Crippen LogP contribution in [0.25, 0.3) is 0 Å². The van der Waals surface area contributed by atoms with Gasteiger partial charge in [-0.15, -0.1) is 0 Å². The van der Waals surface area contributed by atoms with Crippen LogP contribution in [0.3, 0.4) is 0 Å². The maximum Gasteiger partial charge on any atom is 0.242 e. The Bertz CT molecular complexity index is 615. The van der Waals surface area contributed by atoms with Crippen LogP contribution in [0.1, 0.15) is 5.56 Å². The number of rotatable bonds is 5. The van der Waals surface area contributed by atoms with Gasteiger partial charge >= 0.3 is 0 Å². The summed E-state index contributed by atoms with van der Waals surface area (Å²) in [5.74, 6) is -1.15. The van der Waals surface area contributed by atoms with Gasteiger partial charge < -0.3 is 20.9 Å². The number of halogens is 1. The predicted octanol–water partition coefficient (Wildman–Crippen LogP) is -0.886. The molecule has 130 valence electrons. The quantitative estimate of drug-likeness (QED) is 0.729. The van der Waals surface area contributed by atoms with E-state index >= 15 is 0 Å². The van der Waals surface area contributed by atoms with Crippen LogP contribution in [0.5, 0.6) is 0 Å². The van der Waals surface area contributed by atoms with Crippen LogP contribution in [0.2, 0.25) is 0 Å². The van der Waals surface area contributed by atoms with Gasteiger partial charge in [0, 0.05) is 26.2 Å². The minimum atomic E-state index is -0.393. The molecule has 1 aliphatic rings. The summed E-state index contributed by atoms with van der Waals surface area (Å²) in [7, 11) is 0. The lowest BCUT2D eigenvalue weighted by Gasteiger charge is -2.35. The molecule has 1 fully saturated rings. The molecule has 0 aliphatic carbocycles. The Morgan fingerprint density at radius 3 is 2.21 bits per heavy atom. The van der Waals surface area contributed by atoms with Crippen molar-refractivity contribution in [1.82, 2.24) is 15.1 Å². The summed E-state index contributed by atoms with van der Waals surface area (Å²) in [5, 5.41) is 2.42. The van der Waals surface area contributed by atoms with Crippen molar-refractivity contribution in [2.45, 2.75) is 6.42 Å². The van der Waals surface area contributed by atoms with Crippen molar-refractivity contribution in [2.75, 3.05) is 39.3 Å². The average molecular weight is 336 g/mol. The summed E-state index contributed by atoms with van der Waals surface area (Å²) in [5.41, 5.74) is 5.52. The first-order valence-corrected chi connectivity index (χ1v) is 7.77. The van der Waals surface area contributed by atoms with Crippen LogP contribution >= 0.6 is 0 Å². The molecule has 1 aromatic carbocycles. The second kappa shape index (κ2) is 8.39. The number of carbonyl (C=O) groups is 3. The minimum absolute atomic E-state index is 0.00712. The highest BCUT2D eigenvalue weighted by atomic mass is 19.1. The van der Waals surface area contributed by atoms with Gasteiger partial charge in [-0.05, 0) is 11.6 Å². The number of hydrogen-bond donors (Lipinski definition) is 2. The molecule has 0 saturated carbocycles. The van der Waals surface area contributed by atoms with Gasteiger partial charge in [0.15, 0.2) is 0 Å². The number of nitrogens with one attached hydrogen (secondary N) is 1. The van der Waals surface area contributed by atoms with Gasteiger partial charge in [0.1, 0.15) is 5.82 Å². The monoisotopic (exact) mass is 336 g/mol. The molecular formula is C16H21FN4O3. The number of benzene rings is 1. The fraction of sp³-hybridized carbons (Fsp3) is 0.438. The standard InChI is InChI=1S/C16H21FN4O3/c17-13-4-2-1-3-12(13)9-15(23)20-5-7-21(8-6-20)16(24)11-19-14(22)10-18/h1-4H,5-11,18H2,(H,19,22). The molecule has 3 N–H and O–H groups in total. The van der Waals surface area contributed by atoms with E-state index in [1.807, 2.05) is 0 Å². The first-order valence-electron chi connectivity index (χ1n) is 7.77. The highest BCUT2D eigenvalue weighted by Gasteiger charge is 2.24. The highest BCUT2D eigenvalue weighted by Crippen LogP contribution is 2.10. The van der Waals surface area contributed by atoms with Gasteiger partial charge in [-0.25, -0.2) is 4.39 Å². The van der Waals surface area contributed by atoms with E-state index < -0.39 is 5.82 Å². The van der Waals surface area contributed by atoms with Crippen molar-refractivity contribution in [2.24, 2.45) is 5.73 Å². The Labute approximate surface area is 139 Å². The Morgan fingerprint density at radius 1 is 1.04 bits per heavy atom. The molecule has 1 heterocycles. The molecular weight excluding hydrogens is 315 g/mol. The van der Waals surface area contributed by atoms with E-state index in [2.05, 4.69) is 5.32 Å². The van der Waals surface area contributed by atoms with E-state index in [9.17, 15) is 18.8 Å². The van der Waals surface area contributed by atoms with Gasteiger partial charge in [-0.3, -0.25) is 14.4 Å². The van der Waals surface area contributed by atoms with Crippen LogP contribution in [0.4, 0.5) is 4.39 Å². The minimum Gasteiger partial charge on any atom is -0.346 e. The zero-order valence-corrected chi connectivity index (χ0v) is 13.3. The molecule has 1 aromatic rings. The second-order valence-electron chi connectivity index (χ2n) is 5.51. The topological polar surface area (TPSA) is 95.7 Å². The first kappa shape index (κ1) is 17.9. The molecule has 1 saturated heterocycles. The van der Waals surface area contributed by atoms with E-state index in [-0.39, 0.29) is 37.2 Å². The van der Waals surface area contributed by atoms with Crippen LogP contribution in [0, 0.1) is 5.82 Å². The molecule has 0 bridgehead atoms. The molecule has 7 nitrogen and oxygen atoms in total. The van der Waals surface area contributed by atoms with Crippen molar-refractivity contribution < 1.29 is 18.8 Å². The summed E-state index contributed by atoms with van der Waals surface area (Å²) in [6, 6.07) is 6.19. The van der Waals surface area contributed by atoms with Gasteiger partial charge in [0.05, 0.1) is 19.5 Å². The Hall–Kier alpha value is -2.48. The lowest BCUT2D eigenvalue weighted by Crippen LogP contribution is -2.53. The van der Waals surface area contributed by atoms with Crippen molar-refractivity contribution in [3.8, 4) is 0 Å². The molecule has 2 rings (SSSR count). The Kier molecular flexibility index (Phi) is 6.25. The zero-order chi connectivity index (χ0) is 17.5. The van der Waals surface area contributed by atoms with Crippen LogP contribution in [-0.2, 0) is 20.8 Å². The summed E-state index contributed by atoms with van der Waals surface area (Å²) in [4.78, 5) is 38.4. The Balaban J connectivity index is 1.79. The van der Waals surface area contributed by atoms with Crippen molar-refractivity contribution in [3.05, 3.63) is 35.6 Å². The molecule has 24 heavy (non-hydrogen) atoms. The summed E-state index contributed by atoms with van der Waals surface area (Å²) >= 11 is 0. The van der Waals surface area contributed by atoms with Crippen molar-refractivity contribution >= 4 is 17.7 Å². The lowest BCUT2D eigenvalue weighted by molar-refractivity contribution is -0.139. The van der Waals surface area contributed by atoms with Gasteiger partial charge in [-0.1, -0.05) is 18.2 Å². The largest absolute Gasteiger partial charge is 0.346 e. The van der Waals surface area contributed by atoms with E-state index in [4.69, 9.17) is 5.73 Å². The molecule has 0 spiro atoms. The van der Waals surface area contributed by atoms with Gasteiger partial charge in [-0.2, -0.15) is 0 Å². The van der Waals surface area contributed by atoms with Gasteiger partial charge in [0.2, 0.25) is 17.7 Å². The molecule has 0 unspecified atom stereocenters. The number of nitrogens with two attached hydrogens (primary N) is 1. The summed E-state index contributed by atoms with van der Waals surface area (Å²) < 4.78 is 13.6. The van der Waals surface area contributed by atoms with E-state index in [1.54, 1.807) is 28.0 Å². The maximum absolute atomic E-state index is 13.6. The zero-order valence-electron chi connectivity index (χ0n) is 13.3. The Morgan fingerprint density at radius 2 is 1.62 bits per heavy atom. The summed E-state index contributed by atoms with van der Waals surface area (Å²) in [6.07, 6.45) is 0.00712. The van der Waals surface area contributed by atoms with Crippen molar-refractivity contribution in [1.29, 1.82) is 0 Å². The smallest absolute Gasteiger partial charge is 0.242 e. The van der Waals surface area contributed by atoms with Crippen LogP contribution in [-0.4, -0.2) is 66.8 Å². The van der Waals surface area contributed by atoms with E-state index in [0.717, 1.165) is 0 Å². The van der Waals surface area contributed by atoms with Crippen LogP contribution < -0.4 is 11.1 Å². The number of hydrogen-bond acceptors (Lipinski definition) is 4. The van der Waals surface area contributed by atoms with Crippen LogP contribution in [0.15, 0.2) is 24.3 Å². The van der Waals surface area contributed by atoms with Gasteiger partial charge in [0.25, 0.3) is 0 Å². The molecule has 1 aliphatic heterocycles. The average Bonchev–Trinajstić information content (AvgIpc) is 2.61. The number of piperazine rings is 1. The number of nitrogens with zero attached hydrogens (tertiary/aromatic N) is 2. The third-order valence-electron chi connectivity index (χ3n) is 3.91. The molecule has 3 amide bonds. The molecule has 0 radical (unpaired) electrons. The third-order valence-corrected chi connectivity index (χ3v) is 3.91. The first-order chi connectivity index (χ1) is 11.5. The normalized spacial score (nSPS) is 14.4. The lowest BCUT2D eigenvalue weighted by atomic mass is 10.1. The molecule has 0 aromatic heterocycles. The molecule has 0 atom stereocenters. The number of amides is 3. The number of carbonyl (C=O) groups excluding carboxylic acids is 3. The van der Waals surface area contributed by atoms with E-state index in [1.165, 1.54) is 6.07 Å². The summed E-state index contributed by atoms with van der Waals surface area (Å²) in [6.45, 7) is 1.30. The highest BCUT2D eigenvalue weighted by molar-refractivity contribution is 5.85. The fourth-order valence-corrected chi connectivity index (χ4v) is 2.48. The van der Waals surface area contributed by atoms with Crippen molar-refractivity contribution in [3.63, 3.8) is 0 Å². The van der Waals surface area contributed by atoms with E-state index in [0.29, 0.717) is 31.7 Å². The fourth-order valence-electron chi connectivity index (χ4n) is 2.48. The predicted molar refractivity (Wildman–Crippen MR) is 85.3 cm³/mol.